The molecule has 0 aliphatic rings. The molecular formula is C15H19N3O2. The summed E-state index contributed by atoms with van der Waals surface area (Å²) < 4.78 is 1.73. The summed E-state index contributed by atoms with van der Waals surface area (Å²) in [5, 5.41) is 16.1. The Balaban J connectivity index is 2.21. The Morgan fingerprint density at radius 3 is 2.60 bits per heavy atom. The molecule has 106 valence electrons. The molecule has 0 fully saturated rings. The first kappa shape index (κ1) is 14.3. The highest BCUT2D eigenvalue weighted by Gasteiger charge is 2.13. The molecule has 0 aliphatic carbocycles. The maximum Gasteiger partial charge on any atom is 0.271 e. The quantitative estimate of drug-likeness (QED) is 0.889. The van der Waals surface area contributed by atoms with Gasteiger partial charge in [0.15, 0.2) is 5.69 Å². The molecule has 1 aromatic carbocycles. The van der Waals surface area contributed by atoms with Gasteiger partial charge in [0.25, 0.3) is 5.91 Å². The van der Waals surface area contributed by atoms with Crippen LogP contribution in [0.25, 0.3) is 5.69 Å². The molecule has 1 unspecified atom stereocenters. The number of nitrogens with one attached hydrogen (secondary N) is 1. The van der Waals surface area contributed by atoms with Gasteiger partial charge in [-0.2, -0.15) is 5.10 Å². The second kappa shape index (κ2) is 5.88. The Kier molecular flexibility index (Phi) is 4.20. The lowest BCUT2D eigenvalue weighted by Gasteiger charge is -2.05. The van der Waals surface area contributed by atoms with Crippen LogP contribution in [-0.2, 0) is 0 Å². The van der Waals surface area contributed by atoms with Crippen molar-refractivity contribution < 1.29 is 9.90 Å². The van der Waals surface area contributed by atoms with Gasteiger partial charge in [-0.1, -0.05) is 17.7 Å². The first-order chi connectivity index (χ1) is 9.47. The van der Waals surface area contributed by atoms with E-state index in [1.54, 1.807) is 17.7 Å². The second-order valence-corrected chi connectivity index (χ2v) is 4.98. The molecule has 1 amide bonds. The summed E-state index contributed by atoms with van der Waals surface area (Å²) in [6, 6.07) is 9.67. The number of hydrogen-bond acceptors (Lipinski definition) is 3. The van der Waals surface area contributed by atoms with E-state index in [9.17, 15) is 9.90 Å². The molecule has 2 aromatic rings. The van der Waals surface area contributed by atoms with Crippen molar-refractivity contribution in [3.8, 4) is 5.69 Å². The first-order valence-corrected chi connectivity index (χ1v) is 6.57. The smallest absolute Gasteiger partial charge is 0.271 e. The van der Waals surface area contributed by atoms with E-state index >= 15 is 0 Å². The number of carbonyl (C=O) groups is 1. The van der Waals surface area contributed by atoms with Crippen molar-refractivity contribution in [2.75, 3.05) is 6.54 Å². The van der Waals surface area contributed by atoms with E-state index in [0.717, 1.165) is 11.4 Å². The van der Waals surface area contributed by atoms with E-state index in [0.29, 0.717) is 5.69 Å². The summed E-state index contributed by atoms with van der Waals surface area (Å²) in [7, 11) is 0. The molecular weight excluding hydrogens is 254 g/mol. The van der Waals surface area contributed by atoms with Gasteiger partial charge >= 0.3 is 0 Å². The Labute approximate surface area is 118 Å². The standard InChI is InChI=1S/C15H19N3O2/c1-10-4-6-13(7-5-10)18-11(2)8-14(17-18)15(20)16-9-12(3)19/h4-8,12,19H,9H2,1-3H3,(H,16,20). The fourth-order valence-electron chi connectivity index (χ4n) is 1.86. The minimum atomic E-state index is -0.570. The molecule has 0 aliphatic heterocycles. The molecule has 20 heavy (non-hydrogen) atoms. The van der Waals surface area contributed by atoms with E-state index in [1.807, 2.05) is 38.1 Å². The number of nitrogens with zero attached hydrogens (tertiary/aromatic N) is 2. The van der Waals surface area contributed by atoms with Gasteiger partial charge in [0.1, 0.15) is 0 Å². The van der Waals surface area contributed by atoms with Gasteiger partial charge in [-0.3, -0.25) is 4.79 Å². The summed E-state index contributed by atoms with van der Waals surface area (Å²) in [6.45, 7) is 5.76. The fraction of sp³-hybridized carbons (Fsp3) is 0.333. The van der Waals surface area contributed by atoms with Crippen LogP contribution in [0.3, 0.4) is 0 Å². The third-order valence-corrected chi connectivity index (χ3v) is 2.96. The number of amides is 1. The summed E-state index contributed by atoms with van der Waals surface area (Å²) in [6.07, 6.45) is -0.570. The number of aliphatic hydroxyl groups excluding tert-OH is 1. The lowest BCUT2D eigenvalue weighted by Crippen LogP contribution is -2.30. The van der Waals surface area contributed by atoms with Crippen molar-refractivity contribution in [3.63, 3.8) is 0 Å². The van der Waals surface area contributed by atoms with Gasteiger partial charge < -0.3 is 10.4 Å². The van der Waals surface area contributed by atoms with Crippen LogP contribution >= 0.6 is 0 Å². The molecule has 1 aromatic heterocycles. The molecule has 1 heterocycles. The van der Waals surface area contributed by atoms with Crippen molar-refractivity contribution in [1.82, 2.24) is 15.1 Å². The average Bonchev–Trinajstić information content (AvgIpc) is 2.79. The number of rotatable bonds is 4. The zero-order valence-corrected chi connectivity index (χ0v) is 11.9. The zero-order valence-electron chi connectivity index (χ0n) is 11.9. The molecule has 5 nitrogen and oxygen atoms in total. The average molecular weight is 273 g/mol. The molecule has 0 saturated heterocycles. The zero-order chi connectivity index (χ0) is 14.7. The SMILES string of the molecule is Cc1ccc(-n2nc(C(=O)NCC(C)O)cc2C)cc1. The highest BCUT2D eigenvalue weighted by Crippen LogP contribution is 2.13. The van der Waals surface area contributed by atoms with Crippen LogP contribution in [0.5, 0.6) is 0 Å². The first-order valence-electron chi connectivity index (χ1n) is 6.57. The van der Waals surface area contributed by atoms with Gasteiger partial charge in [0, 0.05) is 12.2 Å². The molecule has 0 spiro atoms. The second-order valence-electron chi connectivity index (χ2n) is 4.98. The van der Waals surface area contributed by atoms with Gasteiger partial charge in [-0.05, 0) is 39.0 Å². The van der Waals surface area contributed by atoms with Crippen molar-refractivity contribution >= 4 is 5.91 Å². The highest BCUT2D eigenvalue weighted by molar-refractivity contribution is 5.92. The Morgan fingerprint density at radius 1 is 1.35 bits per heavy atom. The molecule has 0 radical (unpaired) electrons. The summed E-state index contributed by atoms with van der Waals surface area (Å²) >= 11 is 0. The van der Waals surface area contributed by atoms with Crippen LogP contribution in [0.15, 0.2) is 30.3 Å². The third kappa shape index (κ3) is 3.24. The predicted octanol–water partition coefficient (Wildman–Crippen LogP) is 1.60. The number of benzene rings is 1. The normalized spacial score (nSPS) is 12.2. The minimum Gasteiger partial charge on any atom is -0.392 e. The van der Waals surface area contributed by atoms with Crippen LogP contribution < -0.4 is 5.32 Å². The van der Waals surface area contributed by atoms with E-state index < -0.39 is 6.10 Å². The van der Waals surface area contributed by atoms with Gasteiger partial charge in [-0.25, -0.2) is 4.68 Å². The molecule has 2 N–H and O–H groups in total. The summed E-state index contributed by atoms with van der Waals surface area (Å²) in [4.78, 5) is 11.9. The van der Waals surface area contributed by atoms with Gasteiger partial charge in [0.2, 0.25) is 0 Å². The molecule has 0 bridgehead atoms. The topological polar surface area (TPSA) is 67.2 Å². The molecule has 0 saturated carbocycles. The Morgan fingerprint density at radius 2 is 2.00 bits per heavy atom. The Hall–Kier alpha value is -2.14. The van der Waals surface area contributed by atoms with Crippen molar-refractivity contribution in [2.45, 2.75) is 26.9 Å². The number of aliphatic hydroxyl groups is 1. The highest BCUT2D eigenvalue weighted by atomic mass is 16.3. The van der Waals surface area contributed by atoms with Crippen molar-refractivity contribution in [3.05, 3.63) is 47.3 Å². The number of aryl methyl sites for hydroxylation is 2. The lowest BCUT2D eigenvalue weighted by molar-refractivity contribution is 0.0918. The van der Waals surface area contributed by atoms with E-state index in [2.05, 4.69) is 10.4 Å². The van der Waals surface area contributed by atoms with Crippen LogP contribution in [0.4, 0.5) is 0 Å². The van der Waals surface area contributed by atoms with E-state index in [4.69, 9.17) is 0 Å². The summed E-state index contributed by atoms with van der Waals surface area (Å²) in [5.74, 6) is -0.278. The molecule has 2 rings (SSSR count). The third-order valence-electron chi connectivity index (χ3n) is 2.96. The monoisotopic (exact) mass is 273 g/mol. The Bertz CT molecular complexity index is 600. The van der Waals surface area contributed by atoms with Crippen LogP contribution in [0.1, 0.15) is 28.7 Å². The largest absolute Gasteiger partial charge is 0.392 e. The maximum absolute atomic E-state index is 11.9. The molecule has 1 atom stereocenters. The number of aromatic nitrogens is 2. The van der Waals surface area contributed by atoms with Crippen LogP contribution in [0, 0.1) is 13.8 Å². The number of carbonyl (C=O) groups excluding carboxylic acids is 1. The van der Waals surface area contributed by atoms with Gasteiger partial charge in [0.05, 0.1) is 11.8 Å². The summed E-state index contributed by atoms with van der Waals surface area (Å²) in [5.41, 5.74) is 3.33. The lowest BCUT2D eigenvalue weighted by atomic mass is 10.2. The number of hydrogen-bond donors (Lipinski definition) is 2. The van der Waals surface area contributed by atoms with Crippen LogP contribution in [0.2, 0.25) is 0 Å². The molecule has 5 heteroatoms. The maximum atomic E-state index is 11.9. The van der Waals surface area contributed by atoms with Gasteiger partial charge in [-0.15, -0.1) is 0 Å². The van der Waals surface area contributed by atoms with Crippen LogP contribution in [-0.4, -0.2) is 33.4 Å². The predicted molar refractivity (Wildman–Crippen MR) is 77.1 cm³/mol. The fourth-order valence-corrected chi connectivity index (χ4v) is 1.86. The van der Waals surface area contributed by atoms with E-state index in [1.165, 1.54) is 5.56 Å². The minimum absolute atomic E-state index is 0.218. The van der Waals surface area contributed by atoms with Crippen molar-refractivity contribution in [2.24, 2.45) is 0 Å². The van der Waals surface area contributed by atoms with Crippen molar-refractivity contribution in [1.29, 1.82) is 0 Å². The van der Waals surface area contributed by atoms with E-state index in [-0.39, 0.29) is 12.5 Å².